The Morgan fingerprint density at radius 1 is 1.53 bits per heavy atom. The summed E-state index contributed by atoms with van der Waals surface area (Å²) in [6, 6.07) is 3.63. The fourth-order valence-electron chi connectivity index (χ4n) is 2.16. The van der Waals surface area contributed by atoms with Crippen molar-refractivity contribution in [3.05, 3.63) is 23.3 Å². The molecule has 1 heterocycles. The molecule has 0 saturated heterocycles. The standard InChI is InChI=1S/C13H17NO3/c1-4-17-13(15)10-7-9-11(16-3)6-5-8(2)12(9)14-10/h5-6,10,14H,4,7H2,1-3H3. The molecular weight excluding hydrogens is 218 g/mol. The van der Waals surface area contributed by atoms with Gasteiger partial charge in [0.2, 0.25) is 0 Å². The predicted molar refractivity (Wildman–Crippen MR) is 65.5 cm³/mol. The molecule has 1 aliphatic heterocycles. The van der Waals surface area contributed by atoms with E-state index in [-0.39, 0.29) is 12.0 Å². The Kier molecular flexibility index (Phi) is 3.22. The summed E-state index contributed by atoms with van der Waals surface area (Å²) in [7, 11) is 1.64. The van der Waals surface area contributed by atoms with Crippen molar-refractivity contribution in [2.24, 2.45) is 0 Å². The van der Waals surface area contributed by atoms with Crippen LogP contribution < -0.4 is 10.1 Å². The average Bonchev–Trinajstić information content (AvgIpc) is 2.76. The first-order valence-corrected chi connectivity index (χ1v) is 5.77. The first kappa shape index (κ1) is 11.8. The van der Waals surface area contributed by atoms with E-state index in [2.05, 4.69) is 5.32 Å². The molecule has 0 aliphatic carbocycles. The number of esters is 1. The first-order valence-electron chi connectivity index (χ1n) is 5.77. The van der Waals surface area contributed by atoms with Gasteiger partial charge < -0.3 is 14.8 Å². The maximum Gasteiger partial charge on any atom is 0.328 e. The second-order valence-corrected chi connectivity index (χ2v) is 4.09. The van der Waals surface area contributed by atoms with Gasteiger partial charge in [0.1, 0.15) is 11.8 Å². The van der Waals surface area contributed by atoms with Gasteiger partial charge in [-0.15, -0.1) is 0 Å². The quantitative estimate of drug-likeness (QED) is 0.813. The number of hydrogen-bond acceptors (Lipinski definition) is 4. The highest BCUT2D eigenvalue weighted by Gasteiger charge is 2.30. The van der Waals surface area contributed by atoms with Gasteiger partial charge in [0.25, 0.3) is 0 Å². The number of ether oxygens (including phenoxy) is 2. The number of hydrogen-bond donors (Lipinski definition) is 1. The van der Waals surface area contributed by atoms with Gasteiger partial charge in [0.05, 0.1) is 13.7 Å². The molecule has 2 rings (SSSR count). The summed E-state index contributed by atoms with van der Waals surface area (Å²) in [5.41, 5.74) is 3.18. The van der Waals surface area contributed by atoms with Gasteiger partial charge in [-0.25, -0.2) is 4.79 Å². The lowest BCUT2D eigenvalue weighted by Gasteiger charge is -2.10. The van der Waals surface area contributed by atoms with E-state index in [4.69, 9.17) is 9.47 Å². The van der Waals surface area contributed by atoms with Crippen LogP contribution in [0.5, 0.6) is 5.75 Å². The van der Waals surface area contributed by atoms with Crippen LogP contribution in [0.15, 0.2) is 12.1 Å². The summed E-state index contributed by atoms with van der Waals surface area (Å²) < 4.78 is 10.3. The Hall–Kier alpha value is -1.71. The van der Waals surface area contributed by atoms with Crippen LogP contribution in [0.25, 0.3) is 0 Å². The third-order valence-electron chi connectivity index (χ3n) is 3.00. The van der Waals surface area contributed by atoms with Crippen LogP contribution in [0, 0.1) is 6.92 Å². The van der Waals surface area contributed by atoms with Crippen LogP contribution in [-0.2, 0) is 16.0 Å². The summed E-state index contributed by atoms with van der Waals surface area (Å²) in [5.74, 6) is 0.620. The molecule has 0 amide bonds. The van der Waals surface area contributed by atoms with Crippen molar-refractivity contribution in [2.75, 3.05) is 19.0 Å². The van der Waals surface area contributed by atoms with Crippen LogP contribution in [-0.4, -0.2) is 25.7 Å². The molecule has 1 aromatic carbocycles. The third kappa shape index (κ3) is 2.07. The molecule has 1 atom stereocenters. The summed E-state index contributed by atoms with van der Waals surface area (Å²) in [5, 5.41) is 3.21. The van der Waals surface area contributed by atoms with Gasteiger partial charge >= 0.3 is 5.97 Å². The van der Waals surface area contributed by atoms with Crippen molar-refractivity contribution in [3.63, 3.8) is 0 Å². The fraction of sp³-hybridized carbons (Fsp3) is 0.462. The summed E-state index contributed by atoms with van der Waals surface area (Å²) >= 11 is 0. The fourth-order valence-corrected chi connectivity index (χ4v) is 2.16. The summed E-state index contributed by atoms with van der Waals surface area (Å²) in [4.78, 5) is 11.7. The van der Waals surface area contributed by atoms with Crippen LogP contribution in [0.1, 0.15) is 18.1 Å². The molecule has 1 N–H and O–H groups in total. The van der Waals surface area contributed by atoms with E-state index in [9.17, 15) is 4.79 Å². The van der Waals surface area contributed by atoms with E-state index in [1.807, 2.05) is 26.0 Å². The molecular formula is C13H17NO3. The van der Waals surface area contributed by atoms with E-state index in [0.29, 0.717) is 13.0 Å². The van der Waals surface area contributed by atoms with Gasteiger partial charge in [-0.05, 0) is 25.5 Å². The molecule has 1 unspecified atom stereocenters. The molecule has 0 fully saturated rings. The number of rotatable bonds is 3. The Morgan fingerprint density at radius 2 is 2.29 bits per heavy atom. The number of aryl methyl sites for hydroxylation is 1. The van der Waals surface area contributed by atoms with E-state index in [1.54, 1.807) is 7.11 Å². The molecule has 0 spiro atoms. The zero-order valence-electron chi connectivity index (χ0n) is 10.4. The predicted octanol–water partition coefficient (Wildman–Crippen LogP) is 1.90. The molecule has 1 aromatic rings. The lowest BCUT2D eigenvalue weighted by molar-refractivity contribution is -0.143. The van der Waals surface area contributed by atoms with Crippen LogP contribution >= 0.6 is 0 Å². The molecule has 0 aromatic heterocycles. The number of carbonyl (C=O) groups excluding carboxylic acids is 1. The minimum atomic E-state index is -0.292. The molecule has 0 radical (unpaired) electrons. The highest BCUT2D eigenvalue weighted by Crippen LogP contribution is 2.36. The SMILES string of the molecule is CCOC(=O)C1Cc2c(OC)ccc(C)c2N1. The van der Waals surface area contributed by atoms with Crippen molar-refractivity contribution in [3.8, 4) is 5.75 Å². The Bertz CT molecular complexity index is 443. The monoisotopic (exact) mass is 235 g/mol. The number of anilines is 1. The zero-order valence-corrected chi connectivity index (χ0v) is 10.4. The Labute approximate surface area is 101 Å². The number of carbonyl (C=O) groups is 1. The van der Waals surface area contributed by atoms with Gasteiger partial charge in [-0.3, -0.25) is 0 Å². The molecule has 92 valence electrons. The zero-order chi connectivity index (χ0) is 12.4. The maximum absolute atomic E-state index is 11.7. The maximum atomic E-state index is 11.7. The van der Waals surface area contributed by atoms with E-state index in [1.165, 1.54) is 0 Å². The lowest BCUT2D eigenvalue weighted by atomic mass is 10.1. The van der Waals surface area contributed by atoms with Gasteiger partial charge in [0, 0.05) is 17.7 Å². The van der Waals surface area contributed by atoms with Crippen LogP contribution in [0.4, 0.5) is 5.69 Å². The second kappa shape index (κ2) is 4.65. The van der Waals surface area contributed by atoms with Crippen LogP contribution in [0.3, 0.4) is 0 Å². The van der Waals surface area contributed by atoms with Gasteiger partial charge in [-0.1, -0.05) is 6.07 Å². The average molecular weight is 235 g/mol. The highest BCUT2D eigenvalue weighted by molar-refractivity contribution is 5.84. The molecule has 17 heavy (non-hydrogen) atoms. The van der Waals surface area contributed by atoms with Crippen molar-refractivity contribution < 1.29 is 14.3 Å². The molecule has 0 saturated carbocycles. The smallest absolute Gasteiger partial charge is 0.328 e. The number of fused-ring (bicyclic) bond motifs is 1. The Balaban J connectivity index is 2.26. The minimum Gasteiger partial charge on any atom is -0.496 e. The van der Waals surface area contributed by atoms with Crippen LogP contribution in [0.2, 0.25) is 0 Å². The minimum absolute atomic E-state index is 0.204. The number of nitrogens with one attached hydrogen (secondary N) is 1. The Morgan fingerprint density at radius 3 is 2.94 bits per heavy atom. The van der Waals surface area contributed by atoms with E-state index >= 15 is 0 Å². The first-order chi connectivity index (χ1) is 8.17. The molecule has 4 heteroatoms. The van der Waals surface area contributed by atoms with E-state index < -0.39 is 0 Å². The van der Waals surface area contributed by atoms with Gasteiger partial charge in [0.15, 0.2) is 0 Å². The van der Waals surface area contributed by atoms with Gasteiger partial charge in [-0.2, -0.15) is 0 Å². The molecule has 1 aliphatic rings. The highest BCUT2D eigenvalue weighted by atomic mass is 16.5. The third-order valence-corrected chi connectivity index (χ3v) is 3.00. The molecule has 4 nitrogen and oxygen atoms in total. The van der Waals surface area contributed by atoms with Crippen molar-refractivity contribution in [2.45, 2.75) is 26.3 Å². The van der Waals surface area contributed by atoms with Crippen molar-refractivity contribution in [1.82, 2.24) is 0 Å². The number of methoxy groups -OCH3 is 1. The second-order valence-electron chi connectivity index (χ2n) is 4.09. The van der Waals surface area contributed by atoms with E-state index in [0.717, 1.165) is 22.6 Å². The number of benzene rings is 1. The largest absolute Gasteiger partial charge is 0.496 e. The normalized spacial score (nSPS) is 17.2. The van der Waals surface area contributed by atoms with Crippen molar-refractivity contribution in [1.29, 1.82) is 0 Å². The topological polar surface area (TPSA) is 47.6 Å². The summed E-state index contributed by atoms with van der Waals surface area (Å²) in [6.07, 6.45) is 0.624. The summed E-state index contributed by atoms with van der Waals surface area (Å²) in [6.45, 7) is 4.23. The molecule has 0 bridgehead atoms. The lowest BCUT2D eigenvalue weighted by Crippen LogP contribution is -2.29. The van der Waals surface area contributed by atoms with Crippen molar-refractivity contribution >= 4 is 11.7 Å².